The number of hydrogen-bond acceptors (Lipinski definition) is 6. The molecule has 0 saturated carbocycles. The van der Waals surface area contributed by atoms with Crippen molar-refractivity contribution in [3.8, 4) is 11.7 Å². The molecule has 0 bridgehead atoms. The van der Waals surface area contributed by atoms with Gasteiger partial charge in [-0.2, -0.15) is 10.1 Å². The molecule has 0 unspecified atom stereocenters. The number of pyridine rings is 1. The van der Waals surface area contributed by atoms with Crippen LogP contribution in [0.25, 0.3) is 22.5 Å². The molecule has 4 aromatic heterocycles. The van der Waals surface area contributed by atoms with Crippen LogP contribution in [0.3, 0.4) is 0 Å². The summed E-state index contributed by atoms with van der Waals surface area (Å²) >= 11 is 0. The Labute approximate surface area is 138 Å². The first-order valence-corrected chi connectivity index (χ1v) is 7.80. The highest BCUT2D eigenvalue weighted by molar-refractivity contribution is 5.81. The summed E-state index contributed by atoms with van der Waals surface area (Å²) in [6.45, 7) is 4.11. The first-order chi connectivity index (χ1) is 11.7. The molecule has 0 aliphatic carbocycles. The quantitative estimate of drug-likeness (QED) is 0.572. The molecule has 4 aromatic rings. The molecule has 0 saturated heterocycles. The highest BCUT2D eigenvalue weighted by Gasteiger charge is 2.19. The standard InChI is InChI=1S/C16H17N7O/c1-4-5-12-19-10(2)14-16(22-9-17-8-18-22)20-11-6-7-13(24-3)21-15(11)23(12)14/h6-9H,4-5H2,1-3H3. The second-order valence-electron chi connectivity index (χ2n) is 5.52. The minimum atomic E-state index is 0.549. The van der Waals surface area contributed by atoms with Crippen LogP contribution in [0.2, 0.25) is 0 Å². The predicted octanol–water partition coefficient (Wildman–Crippen LogP) is 2.13. The highest BCUT2D eigenvalue weighted by atomic mass is 16.5. The molecule has 0 aliphatic heterocycles. The fourth-order valence-corrected chi connectivity index (χ4v) is 2.90. The number of rotatable bonds is 4. The number of fused-ring (bicyclic) bond motifs is 3. The van der Waals surface area contributed by atoms with E-state index in [4.69, 9.17) is 14.7 Å². The Morgan fingerprint density at radius 3 is 2.75 bits per heavy atom. The van der Waals surface area contributed by atoms with Crippen molar-refractivity contribution in [3.05, 3.63) is 36.3 Å². The van der Waals surface area contributed by atoms with E-state index in [0.29, 0.717) is 11.7 Å². The largest absolute Gasteiger partial charge is 0.481 e. The number of aromatic nitrogens is 7. The molecule has 0 fully saturated rings. The minimum absolute atomic E-state index is 0.549. The van der Waals surface area contributed by atoms with Gasteiger partial charge in [0.2, 0.25) is 5.88 Å². The highest BCUT2D eigenvalue weighted by Crippen LogP contribution is 2.26. The Morgan fingerprint density at radius 2 is 2.04 bits per heavy atom. The van der Waals surface area contributed by atoms with Crippen molar-refractivity contribution >= 4 is 16.7 Å². The van der Waals surface area contributed by atoms with Gasteiger partial charge in [-0.25, -0.2) is 19.6 Å². The zero-order chi connectivity index (χ0) is 16.7. The second-order valence-corrected chi connectivity index (χ2v) is 5.52. The van der Waals surface area contributed by atoms with Gasteiger partial charge in [0.15, 0.2) is 11.5 Å². The van der Waals surface area contributed by atoms with Crippen molar-refractivity contribution in [3.63, 3.8) is 0 Å². The fourth-order valence-electron chi connectivity index (χ4n) is 2.90. The molecular weight excluding hydrogens is 306 g/mol. The van der Waals surface area contributed by atoms with Gasteiger partial charge in [0.25, 0.3) is 0 Å². The maximum Gasteiger partial charge on any atom is 0.215 e. The molecule has 122 valence electrons. The lowest BCUT2D eigenvalue weighted by molar-refractivity contribution is 0.399. The van der Waals surface area contributed by atoms with Crippen LogP contribution >= 0.6 is 0 Å². The third kappa shape index (κ3) is 2.10. The first kappa shape index (κ1) is 14.6. The molecule has 4 heterocycles. The van der Waals surface area contributed by atoms with E-state index in [2.05, 4.69) is 26.4 Å². The van der Waals surface area contributed by atoms with Crippen LogP contribution in [-0.4, -0.2) is 41.2 Å². The Kier molecular flexibility index (Phi) is 3.37. The van der Waals surface area contributed by atoms with Gasteiger partial charge in [-0.05, 0) is 19.4 Å². The Hall–Kier alpha value is -3.03. The fraction of sp³-hybridized carbons (Fsp3) is 0.312. The number of nitrogens with zero attached hydrogens (tertiary/aromatic N) is 7. The van der Waals surface area contributed by atoms with Gasteiger partial charge in [0.1, 0.15) is 29.5 Å². The van der Waals surface area contributed by atoms with Crippen molar-refractivity contribution in [1.82, 2.24) is 34.1 Å². The van der Waals surface area contributed by atoms with E-state index < -0.39 is 0 Å². The van der Waals surface area contributed by atoms with Crippen LogP contribution in [0.5, 0.6) is 5.88 Å². The van der Waals surface area contributed by atoms with E-state index in [1.54, 1.807) is 24.2 Å². The van der Waals surface area contributed by atoms with Crippen molar-refractivity contribution in [2.24, 2.45) is 0 Å². The SMILES string of the molecule is CCCc1nc(C)c2c(-n3cncn3)nc3ccc(OC)nc3n12. The third-order valence-electron chi connectivity index (χ3n) is 3.92. The molecular formula is C16H17N7O. The lowest BCUT2D eigenvalue weighted by atomic mass is 10.3. The number of imidazole rings is 1. The van der Waals surface area contributed by atoms with Gasteiger partial charge in [-0.15, -0.1) is 0 Å². The minimum Gasteiger partial charge on any atom is -0.481 e. The topological polar surface area (TPSA) is 83.0 Å². The number of aryl methyl sites for hydroxylation is 2. The van der Waals surface area contributed by atoms with Crippen molar-refractivity contribution in [2.45, 2.75) is 26.7 Å². The summed E-state index contributed by atoms with van der Waals surface area (Å²) in [5.74, 6) is 2.20. The average molecular weight is 323 g/mol. The van der Waals surface area contributed by atoms with E-state index in [9.17, 15) is 0 Å². The normalized spacial score (nSPS) is 11.5. The lowest BCUT2D eigenvalue weighted by Gasteiger charge is -2.10. The van der Waals surface area contributed by atoms with Crippen LogP contribution < -0.4 is 4.74 Å². The van der Waals surface area contributed by atoms with Crippen molar-refractivity contribution < 1.29 is 4.74 Å². The van der Waals surface area contributed by atoms with Crippen LogP contribution in [0.4, 0.5) is 0 Å². The van der Waals surface area contributed by atoms with Crippen LogP contribution in [0.1, 0.15) is 24.9 Å². The molecule has 0 aliphatic rings. The second kappa shape index (κ2) is 5.55. The molecule has 0 atom stereocenters. The molecule has 0 aromatic carbocycles. The Bertz CT molecular complexity index is 1020. The maximum atomic E-state index is 5.28. The molecule has 8 nitrogen and oxygen atoms in total. The van der Waals surface area contributed by atoms with Crippen LogP contribution in [0, 0.1) is 6.92 Å². The summed E-state index contributed by atoms with van der Waals surface area (Å²) in [4.78, 5) is 18.1. The lowest BCUT2D eigenvalue weighted by Crippen LogP contribution is -2.07. The Balaban J connectivity index is 2.17. The van der Waals surface area contributed by atoms with Gasteiger partial charge in [-0.3, -0.25) is 4.40 Å². The summed E-state index contributed by atoms with van der Waals surface area (Å²) in [6.07, 6.45) is 4.97. The van der Waals surface area contributed by atoms with Gasteiger partial charge < -0.3 is 4.74 Å². The smallest absolute Gasteiger partial charge is 0.215 e. The summed E-state index contributed by atoms with van der Waals surface area (Å²) in [5, 5.41) is 4.23. The van der Waals surface area contributed by atoms with Gasteiger partial charge >= 0.3 is 0 Å². The third-order valence-corrected chi connectivity index (χ3v) is 3.92. The van der Waals surface area contributed by atoms with E-state index >= 15 is 0 Å². The summed E-state index contributed by atoms with van der Waals surface area (Å²) < 4.78 is 8.99. The maximum absolute atomic E-state index is 5.28. The summed E-state index contributed by atoms with van der Waals surface area (Å²) in [6, 6.07) is 3.70. The van der Waals surface area contributed by atoms with E-state index in [-0.39, 0.29) is 0 Å². The first-order valence-electron chi connectivity index (χ1n) is 7.80. The zero-order valence-electron chi connectivity index (χ0n) is 13.8. The van der Waals surface area contributed by atoms with E-state index in [1.165, 1.54) is 6.33 Å². The molecule has 8 heteroatoms. The van der Waals surface area contributed by atoms with E-state index in [0.717, 1.165) is 41.0 Å². The monoisotopic (exact) mass is 323 g/mol. The number of ether oxygens (including phenoxy) is 1. The molecule has 0 N–H and O–H groups in total. The summed E-state index contributed by atoms with van der Waals surface area (Å²) in [5.41, 5.74) is 3.26. The van der Waals surface area contributed by atoms with Gasteiger partial charge in [-0.1, -0.05) is 6.92 Å². The van der Waals surface area contributed by atoms with Crippen molar-refractivity contribution in [1.29, 1.82) is 0 Å². The van der Waals surface area contributed by atoms with Crippen molar-refractivity contribution in [2.75, 3.05) is 7.11 Å². The average Bonchev–Trinajstić information content (AvgIpc) is 3.23. The van der Waals surface area contributed by atoms with E-state index in [1.807, 2.05) is 13.0 Å². The molecule has 4 rings (SSSR count). The molecule has 24 heavy (non-hydrogen) atoms. The Morgan fingerprint density at radius 1 is 1.17 bits per heavy atom. The predicted molar refractivity (Wildman–Crippen MR) is 88.5 cm³/mol. The molecule has 0 spiro atoms. The molecule has 0 radical (unpaired) electrons. The molecule has 0 amide bonds. The van der Waals surface area contributed by atoms with Gasteiger partial charge in [0, 0.05) is 12.5 Å². The number of hydrogen-bond donors (Lipinski definition) is 0. The number of methoxy groups -OCH3 is 1. The van der Waals surface area contributed by atoms with Crippen LogP contribution in [-0.2, 0) is 6.42 Å². The van der Waals surface area contributed by atoms with Crippen LogP contribution in [0.15, 0.2) is 24.8 Å². The summed E-state index contributed by atoms with van der Waals surface area (Å²) in [7, 11) is 1.61. The zero-order valence-corrected chi connectivity index (χ0v) is 13.8. The van der Waals surface area contributed by atoms with Gasteiger partial charge in [0.05, 0.1) is 12.8 Å².